The molecule has 3 rings (SSSR count). The summed E-state index contributed by atoms with van der Waals surface area (Å²) in [5.41, 5.74) is 2.50. The van der Waals surface area contributed by atoms with Crippen molar-refractivity contribution in [2.24, 2.45) is 5.92 Å². The Bertz CT molecular complexity index is 714. The maximum atomic E-state index is 12.0. The number of pyridine rings is 2. The first-order valence-electron chi connectivity index (χ1n) is 6.89. The van der Waals surface area contributed by atoms with Gasteiger partial charge in [-0.15, -0.1) is 0 Å². The van der Waals surface area contributed by atoms with Gasteiger partial charge in [-0.05, 0) is 29.7 Å². The summed E-state index contributed by atoms with van der Waals surface area (Å²) in [5.74, 6) is 0.433. The maximum Gasteiger partial charge on any atom is 0.214 e. The SMILES string of the molecule is CC1CN(Cc2ccc(-c3ccccn3)nc2)S(=O)(=O)C1. The summed E-state index contributed by atoms with van der Waals surface area (Å²) in [7, 11) is -3.10. The minimum Gasteiger partial charge on any atom is -0.255 e. The molecule has 1 aliphatic rings. The highest BCUT2D eigenvalue weighted by atomic mass is 32.2. The van der Waals surface area contributed by atoms with Crippen LogP contribution >= 0.6 is 0 Å². The van der Waals surface area contributed by atoms with Crippen molar-refractivity contribution in [2.45, 2.75) is 13.5 Å². The summed E-state index contributed by atoms with van der Waals surface area (Å²) in [6, 6.07) is 9.46. The van der Waals surface area contributed by atoms with Gasteiger partial charge in [-0.2, -0.15) is 4.31 Å². The lowest BCUT2D eigenvalue weighted by molar-refractivity contribution is 0.409. The van der Waals surface area contributed by atoms with Crippen LogP contribution in [0.2, 0.25) is 0 Å². The first-order chi connectivity index (χ1) is 10.0. The minimum absolute atomic E-state index is 0.191. The van der Waals surface area contributed by atoms with E-state index in [0.29, 0.717) is 13.1 Å². The second-order valence-electron chi connectivity index (χ2n) is 5.44. The van der Waals surface area contributed by atoms with Crippen LogP contribution in [0, 0.1) is 5.92 Å². The molecule has 1 fully saturated rings. The lowest BCUT2D eigenvalue weighted by Crippen LogP contribution is -2.25. The van der Waals surface area contributed by atoms with Crippen LogP contribution in [0.25, 0.3) is 11.4 Å². The van der Waals surface area contributed by atoms with E-state index in [-0.39, 0.29) is 11.7 Å². The molecule has 0 radical (unpaired) electrons. The first kappa shape index (κ1) is 14.2. The highest BCUT2D eigenvalue weighted by molar-refractivity contribution is 7.89. The Hall–Kier alpha value is -1.79. The van der Waals surface area contributed by atoms with Gasteiger partial charge in [-0.1, -0.05) is 19.1 Å². The summed E-state index contributed by atoms with van der Waals surface area (Å²) in [6.07, 6.45) is 3.45. The van der Waals surface area contributed by atoms with Gasteiger partial charge in [0.1, 0.15) is 0 Å². The Morgan fingerprint density at radius 2 is 2.00 bits per heavy atom. The van der Waals surface area contributed by atoms with Crippen LogP contribution in [0.5, 0.6) is 0 Å². The molecule has 6 heteroatoms. The van der Waals surface area contributed by atoms with E-state index in [1.807, 2.05) is 37.3 Å². The molecule has 3 heterocycles. The van der Waals surface area contributed by atoms with E-state index in [1.54, 1.807) is 12.4 Å². The molecule has 1 saturated heterocycles. The molecule has 0 aliphatic carbocycles. The number of aromatic nitrogens is 2. The molecule has 0 saturated carbocycles. The molecule has 0 bridgehead atoms. The highest BCUT2D eigenvalue weighted by Gasteiger charge is 2.33. The average Bonchev–Trinajstić information content (AvgIpc) is 2.73. The maximum absolute atomic E-state index is 12.0. The van der Waals surface area contributed by atoms with Crippen molar-refractivity contribution in [1.82, 2.24) is 14.3 Å². The van der Waals surface area contributed by atoms with E-state index in [4.69, 9.17) is 0 Å². The largest absolute Gasteiger partial charge is 0.255 e. The summed E-state index contributed by atoms with van der Waals surface area (Å²) in [6.45, 7) is 2.94. The van der Waals surface area contributed by atoms with Gasteiger partial charge in [0.25, 0.3) is 0 Å². The van der Waals surface area contributed by atoms with E-state index < -0.39 is 10.0 Å². The van der Waals surface area contributed by atoms with Gasteiger partial charge in [0.2, 0.25) is 10.0 Å². The second-order valence-corrected chi connectivity index (χ2v) is 7.46. The Balaban J connectivity index is 1.77. The molecule has 21 heavy (non-hydrogen) atoms. The number of sulfonamides is 1. The lowest BCUT2D eigenvalue weighted by atomic mass is 10.2. The lowest BCUT2D eigenvalue weighted by Gasteiger charge is -2.14. The Morgan fingerprint density at radius 3 is 2.57 bits per heavy atom. The number of hydrogen-bond acceptors (Lipinski definition) is 4. The second kappa shape index (κ2) is 5.54. The fraction of sp³-hybridized carbons (Fsp3) is 0.333. The summed E-state index contributed by atoms with van der Waals surface area (Å²) >= 11 is 0. The molecule has 110 valence electrons. The van der Waals surface area contributed by atoms with Crippen molar-refractivity contribution in [3.05, 3.63) is 48.3 Å². The van der Waals surface area contributed by atoms with Crippen LogP contribution in [0.1, 0.15) is 12.5 Å². The van der Waals surface area contributed by atoms with Crippen molar-refractivity contribution in [3.63, 3.8) is 0 Å². The molecule has 0 amide bonds. The standard InChI is InChI=1S/C15H17N3O2S/c1-12-9-18(21(19,20)11-12)10-13-5-6-15(17-8-13)14-4-2-3-7-16-14/h2-8,12H,9-11H2,1H3. The van der Waals surface area contributed by atoms with Crippen molar-refractivity contribution in [2.75, 3.05) is 12.3 Å². The van der Waals surface area contributed by atoms with Gasteiger partial charge in [0, 0.05) is 25.5 Å². The summed E-state index contributed by atoms with van der Waals surface area (Å²) in [5, 5.41) is 0. The molecular formula is C15H17N3O2S. The Kier molecular flexibility index (Phi) is 3.73. The fourth-order valence-electron chi connectivity index (χ4n) is 2.53. The third-order valence-corrected chi connectivity index (χ3v) is 5.57. The molecule has 0 N–H and O–H groups in total. The average molecular weight is 303 g/mol. The van der Waals surface area contributed by atoms with Gasteiger partial charge in [-0.25, -0.2) is 8.42 Å². The zero-order chi connectivity index (χ0) is 14.9. The predicted octanol–water partition coefficient (Wildman–Crippen LogP) is 1.93. The van der Waals surface area contributed by atoms with Gasteiger partial charge < -0.3 is 0 Å². The van der Waals surface area contributed by atoms with Gasteiger partial charge in [0.15, 0.2) is 0 Å². The van der Waals surface area contributed by atoms with E-state index >= 15 is 0 Å². The third kappa shape index (κ3) is 3.11. The number of hydrogen-bond donors (Lipinski definition) is 0. The van der Waals surface area contributed by atoms with Crippen LogP contribution in [-0.4, -0.2) is 35.0 Å². The molecule has 2 aromatic rings. The number of rotatable bonds is 3. The topological polar surface area (TPSA) is 63.2 Å². The van der Waals surface area contributed by atoms with Crippen LogP contribution in [0.4, 0.5) is 0 Å². The zero-order valence-electron chi connectivity index (χ0n) is 11.8. The van der Waals surface area contributed by atoms with E-state index in [0.717, 1.165) is 17.0 Å². The Labute approximate surface area is 124 Å². The third-order valence-electron chi connectivity index (χ3n) is 3.51. The molecule has 0 aromatic carbocycles. The van der Waals surface area contributed by atoms with Crippen LogP contribution in [0.3, 0.4) is 0 Å². The molecule has 2 aromatic heterocycles. The molecular weight excluding hydrogens is 286 g/mol. The van der Waals surface area contributed by atoms with E-state index in [1.165, 1.54) is 4.31 Å². The normalized spacial score (nSPS) is 21.5. The zero-order valence-corrected chi connectivity index (χ0v) is 12.6. The van der Waals surface area contributed by atoms with E-state index in [9.17, 15) is 8.42 Å². The van der Waals surface area contributed by atoms with Gasteiger partial charge in [0.05, 0.1) is 17.1 Å². The van der Waals surface area contributed by atoms with Crippen molar-refractivity contribution in [3.8, 4) is 11.4 Å². The van der Waals surface area contributed by atoms with E-state index in [2.05, 4.69) is 9.97 Å². The van der Waals surface area contributed by atoms with Crippen LogP contribution in [-0.2, 0) is 16.6 Å². The molecule has 5 nitrogen and oxygen atoms in total. The molecule has 1 atom stereocenters. The predicted molar refractivity (Wildman–Crippen MR) is 80.8 cm³/mol. The smallest absolute Gasteiger partial charge is 0.214 e. The molecule has 1 aliphatic heterocycles. The van der Waals surface area contributed by atoms with Crippen LogP contribution in [0.15, 0.2) is 42.7 Å². The highest BCUT2D eigenvalue weighted by Crippen LogP contribution is 2.22. The minimum atomic E-state index is -3.10. The van der Waals surface area contributed by atoms with Crippen molar-refractivity contribution >= 4 is 10.0 Å². The molecule has 1 unspecified atom stereocenters. The first-order valence-corrected chi connectivity index (χ1v) is 8.50. The quantitative estimate of drug-likeness (QED) is 0.869. The molecule has 0 spiro atoms. The number of nitrogens with zero attached hydrogens (tertiary/aromatic N) is 3. The van der Waals surface area contributed by atoms with Gasteiger partial charge in [-0.3, -0.25) is 9.97 Å². The monoisotopic (exact) mass is 303 g/mol. The van der Waals surface area contributed by atoms with Gasteiger partial charge >= 0.3 is 0 Å². The summed E-state index contributed by atoms with van der Waals surface area (Å²) in [4.78, 5) is 8.62. The fourth-order valence-corrected chi connectivity index (χ4v) is 4.39. The van der Waals surface area contributed by atoms with Crippen molar-refractivity contribution in [1.29, 1.82) is 0 Å². The Morgan fingerprint density at radius 1 is 1.19 bits per heavy atom. The summed E-state index contributed by atoms with van der Waals surface area (Å²) < 4.78 is 25.5. The van der Waals surface area contributed by atoms with Crippen LogP contribution < -0.4 is 0 Å². The van der Waals surface area contributed by atoms with Crippen molar-refractivity contribution < 1.29 is 8.42 Å².